The summed E-state index contributed by atoms with van der Waals surface area (Å²) < 4.78 is 63.5. The highest BCUT2D eigenvalue weighted by Gasteiger charge is 2.63. The highest BCUT2D eigenvalue weighted by molar-refractivity contribution is 6.01. The fraction of sp³-hybridized carbons (Fsp3) is 0.167. The second-order valence-electron chi connectivity index (χ2n) is 3.87. The van der Waals surface area contributed by atoms with Gasteiger partial charge in [0, 0.05) is 0 Å². The molecular weight excluding hydrogens is 283 g/mol. The van der Waals surface area contributed by atoms with Crippen LogP contribution in [0.15, 0.2) is 42.6 Å². The lowest BCUT2D eigenvalue weighted by Crippen LogP contribution is -2.44. The molecule has 0 amide bonds. The molecule has 1 aromatic carbocycles. The lowest BCUT2D eigenvalue weighted by atomic mass is 10.1. The number of benzene rings is 1. The zero-order chi connectivity index (χ0) is 15.0. The number of hydrogen-bond acceptors (Lipinski definition) is 2. The van der Waals surface area contributed by atoms with E-state index in [4.69, 9.17) is 0 Å². The lowest BCUT2D eigenvalue weighted by molar-refractivity contribution is -0.255. The Morgan fingerprint density at radius 3 is 2.15 bits per heavy atom. The van der Waals surface area contributed by atoms with Crippen LogP contribution in [0.25, 0.3) is 5.69 Å². The lowest BCUT2D eigenvalue weighted by Gasteiger charge is -2.18. The summed E-state index contributed by atoms with van der Waals surface area (Å²) in [5.41, 5.74) is -0.627. The number of Topliss-reactive ketones (excluding diaryl/α,β-unsaturated/α-hetero) is 1. The maximum Gasteiger partial charge on any atom is 0.461 e. The van der Waals surface area contributed by atoms with E-state index in [1.807, 2.05) is 0 Å². The molecule has 0 aliphatic carbocycles. The molecule has 0 aliphatic heterocycles. The summed E-state index contributed by atoms with van der Waals surface area (Å²) in [6, 6.07) is 8.36. The van der Waals surface area contributed by atoms with Crippen molar-refractivity contribution < 1.29 is 26.7 Å². The molecule has 0 saturated carbocycles. The van der Waals surface area contributed by atoms with Gasteiger partial charge < -0.3 is 0 Å². The van der Waals surface area contributed by atoms with Gasteiger partial charge in [-0.05, 0) is 18.2 Å². The van der Waals surface area contributed by atoms with Crippen LogP contribution in [0.2, 0.25) is 0 Å². The molecule has 20 heavy (non-hydrogen) atoms. The summed E-state index contributed by atoms with van der Waals surface area (Å²) in [5.74, 6) is -7.80. The van der Waals surface area contributed by atoms with Crippen LogP contribution in [-0.4, -0.2) is 27.7 Å². The minimum Gasteiger partial charge on any atom is -0.285 e. The van der Waals surface area contributed by atoms with Crippen LogP contribution in [0.5, 0.6) is 0 Å². The Kier molecular flexibility index (Phi) is 3.33. The first-order valence-corrected chi connectivity index (χ1v) is 5.34. The van der Waals surface area contributed by atoms with E-state index in [1.54, 1.807) is 6.07 Å². The Bertz CT molecular complexity index is 618. The van der Waals surface area contributed by atoms with Crippen molar-refractivity contribution in [2.24, 2.45) is 0 Å². The fourth-order valence-electron chi connectivity index (χ4n) is 1.54. The highest BCUT2D eigenvalue weighted by Crippen LogP contribution is 2.38. The minimum atomic E-state index is -5.95. The molecule has 2 aromatic rings. The monoisotopic (exact) mass is 290 g/mol. The van der Waals surface area contributed by atoms with Crippen LogP contribution in [0.4, 0.5) is 22.0 Å². The molecule has 0 spiro atoms. The molecule has 1 heterocycles. The van der Waals surface area contributed by atoms with Gasteiger partial charge in [-0.25, -0.2) is 4.68 Å². The van der Waals surface area contributed by atoms with E-state index in [9.17, 15) is 26.7 Å². The Morgan fingerprint density at radius 1 is 1.00 bits per heavy atom. The Balaban J connectivity index is 2.46. The van der Waals surface area contributed by atoms with Crippen LogP contribution in [0, 0.1) is 0 Å². The second-order valence-corrected chi connectivity index (χ2v) is 3.87. The minimum absolute atomic E-state index is 0.207. The molecule has 0 fully saturated rings. The van der Waals surface area contributed by atoms with Crippen LogP contribution in [0.3, 0.4) is 0 Å². The summed E-state index contributed by atoms with van der Waals surface area (Å²) in [5, 5.41) is 3.60. The smallest absolute Gasteiger partial charge is 0.285 e. The molecule has 0 saturated heterocycles. The van der Waals surface area contributed by atoms with E-state index < -0.39 is 23.6 Å². The molecule has 0 bridgehead atoms. The van der Waals surface area contributed by atoms with Crippen molar-refractivity contribution in [2.45, 2.75) is 12.1 Å². The number of hydrogen-bond donors (Lipinski definition) is 0. The number of alkyl halides is 5. The van der Waals surface area contributed by atoms with Gasteiger partial charge in [0.05, 0.1) is 11.9 Å². The summed E-state index contributed by atoms with van der Waals surface area (Å²) in [6.45, 7) is 0. The number of ketones is 1. The van der Waals surface area contributed by atoms with E-state index in [1.165, 1.54) is 24.3 Å². The predicted octanol–water partition coefficient (Wildman–Crippen LogP) is 3.25. The SMILES string of the molecule is O=C(c1ccnn1-c1ccccc1)C(F)(F)C(F)(F)F. The summed E-state index contributed by atoms with van der Waals surface area (Å²) in [6.07, 6.45) is -4.97. The molecule has 3 nitrogen and oxygen atoms in total. The third kappa shape index (κ3) is 2.28. The van der Waals surface area contributed by atoms with Gasteiger partial charge in [-0.15, -0.1) is 0 Å². The zero-order valence-corrected chi connectivity index (χ0v) is 9.73. The van der Waals surface area contributed by atoms with Crippen molar-refractivity contribution >= 4 is 5.78 Å². The molecular formula is C12H7F5N2O. The van der Waals surface area contributed by atoms with Crippen LogP contribution in [0.1, 0.15) is 10.5 Å². The third-order valence-corrected chi connectivity index (χ3v) is 2.52. The van der Waals surface area contributed by atoms with Gasteiger partial charge in [-0.1, -0.05) is 18.2 Å². The van der Waals surface area contributed by atoms with Gasteiger partial charge in [-0.3, -0.25) is 4.79 Å². The third-order valence-electron chi connectivity index (χ3n) is 2.52. The molecule has 0 unspecified atom stereocenters. The first kappa shape index (κ1) is 14.2. The molecule has 0 aliphatic rings. The normalized spacial score (nSPS) is 12.4. The van der Waals surface area contributed by atoms with E-state index in [0.29, 0.717) is 0 Å². The zero-order valence-electron chi connectivity index (χ0n) is 9.73. The van der Waals surface area contributed by atoms with Gasteiger partial charge in [-0.2, -0.15) is 27.1 Å². The van der Waals surface area contributed by atoms with Crippen molar-refractivity contribution in [3.63, 3.8) is 0 Å². The maximum absolute atomic E-state index is 13.1. The number of aromatic nitrogens is 2. The quantitative estimate of drug-likeness (QED) is 0.642. The number of carbonyl (C=O) groups excluding carboxylic acids is 1. The van der Waals surface area contributed by atoms with Gasteiger partial charge in [0.15, 0.2) is 0 Å². The Morgan fingerprint density at radius 2 is 1.60 bits per heavy atom. The largest absolute Gasteiger partial charge is 0.461 e. The second kappa shape index (κ2) is 4.69. The first-order valence-electron chi connectivity index (χ1n) is 5.34. The van der Waals surface area contributed by atoms with Crippen LogP contribution in [-0.2, 0) is 0 Å². The fourth-order valence-corrected chi connectivity index (χ4v) is 1.54. The van der Waals surface area contributed by atoms with Crippen molar-refractivity contribution in [1.29, 1.82) is 0 Å². The standard InChI is InChI=1S/C12H7F5N2O/c13-11(14,12(15,16)17)10(20)9-6-7-18-19(9)8-4-2-1-3-5-8/h1-7H. The van der Waals surface area contributed by atoms with Crippen molar-refractivity contribution in [2.75, 3.05) is 0 Å². The van der Waals surface area contributed by atoms with Gasteiger partial charge in [0.2, 0.25) is 0 Å². The van der Waals surface area contributed by atoms with Gasteiger partial charge in [0.1, 0.15) is 5.69 Å². The van der Waals surface area contributed by atoms with Crippen molar-refractivity contribution in [1.82, 2.24) is 9.78 Å². The first-order chi connectivity index (χ1) is 9.25. The number of nitrogens with zero attached hydrogens (tertiary/aromatic N) is 2. The number of halogens is 5. The van der Waals surface area contributed by atoms with E-state index >= 15 is 0 Å². The average molecular weight is 290 g/mol. The molecule has 106 valence electrons. The van der Waals surface area contributed by atoms with Crippen LogP contribution >= 0.6 is 0 Å². The van der Waals surface area contributed by atoms with Crippen molar-refractivity contribution in [3.8, 4) is 5.69 Å². The van der Waals surface area contributed by atoms with Gasteiger partial charge >= 0.3 is 12.1 Å². The van der Waals surface area contributed by atoms with E-state index in [-0.39, 0.29) is 5.69 Å². The molecule has 1 aromatic heterocycles. The number of rotatable bonds is 3. The predicted molar refractivity (Wildman–Crippen MR) is 58.9 cm³/mol. The van der Waals surface area contributed by atoms with Gasteiger partial charge in [0.25, 0.3) is 5.78 Å². The molecule has 0 N–H and O–H groups in total. The Labute approximate surface area is 109 Å². The molecule has 0 radical (unpaired) electrons. The topological polar surface area (TPSA) is 34.9 Å². The molecule has 8 heteroatoms. The number of carbonyl (C=O) groups is 1. The summed E-state index contributed by atoms with van der Waals surface area (Å²) in [4.78, 5) is 11.4. The van der Waals surface area contributed by atoms with Crippen LogP contribution < -0.4 is 0 Å². The summed E-state index contributed by atoms with van der Waals surface area (Å²) in [7, 11) is 0. The van der Waals surface area contributed by atoms with E-state index in [2.05, 4.69) is 5.10 Å². The maximum atomic E-state index is 13.1. The van der Waals surface area contributed by atoms with Crippen molar-refractivity contribution in [3.05, 3.63) is 48.3 Å². The average Bonchev–Trinajstić information content (AvgIpc) is 2.86. The molecule has 0 atom stereocenters. The van der Waals surface area contributed by atoms with E-state index in [0.717, 1.165) is 16.9 Å². The Hall–Kier alpha value is -2.25. The molecule has 2 rings (SSSR count). The number of para-hydroxylation sites is 1. The summed E-state index contributed by atoms with van der Waals surface area (Å²) >= 11 is 0. The highest BCUT2D eigenvalue weighted by atomic mass is 19.4.